The first kappa shape index (κ1) is 12.6. The Kier molecular flexibility index (Phi) is 3.76. The number of hydrogen-bond donors (Lipinski definition) is 1. The van der Waals surface area contributed by atoms with Crippen LogP contribution in [0, 0.1) is 5.92 Å². The molecule has 3 nitrogen and oxygen atoms in total. The Morgan fingerprint density at radius 3 is 2.74 bits per heavy atom. The van der Waals surface area contributed by atoms with Gasteiger partial charge in [-0.05, 0) is 37.9 Å². The molecular weight excluding hydrogens is 236 g/mol. The van der Waals surface area contributed by atoms with Gasteiger partial charge in [0.05, 0.1) is 17.3 Å². The number of ether oxygens (including phenoxy) is 1. The van der Waals surface area contributed by atoms with E-state index in [-0.39, 0.29) is 0 Å². The Morgan fingerprint density at radius 1 is 1.16 bits per heavy atom. The highest BCUT2D eigenvalue weighted by Crippen LogP contribution is 2.29. The molecule has 0 bridgehead atoms. The van der Waals surface area contributed by atoms with E-state index in [1.54, 1.807) is 0 Å². The summed E-state index contributed by atoms with van der Waals surface area (Å²) in [6, 6.07) is 12.9. The molecule has 1 aliphatic heterocycles. The van der Waals surface area contributed by atoms with Gasteiger partial charge in [-0.25, -0.2) is 0 Å². The van der Waals surface area contributed by atoms with Crippen LogP contribution < -0.4 is 5.32 Å². The standard InChI is InChI=1S/C16H20N2O/c1-17-16(13-8-10-19-11-9-13)15-7-6-12-4-2-3-5-14(12)18-15/h2-7,13,16-17H,8-11H2,1H3. The molecule has 1 aromatic carbocycles. The second-order valence-electron chi connectivity index (χ2n) is 5.14. The van der Waals surface area contributed by atoms with Crippen LogP contribution in [0.4, 0.5) is 0 Å². The van der Waals surface area contributed by atoms with Crippen molar-refractivity contribution in [2.24, 2.45) is 5.92 Å². The lowest BCUT2D eigenvalue weighted by atomic mass is 9.89. The van der Waals surface area contributed by atoms with Crippen molar-refractivity contribution in [2.75, 3.05) is 20.3 Å². The fraction of sp³-hybridized carbons (Fsp3) is 0.438. The summed E-state index contributed by atoms with van der Waals surface area (Å²) in [4.78, 5) is 4.82. The van der Waals surface area contributed by atoms with Crippen molar-refractivity contribution < 1.29 is 4.74 Å². The van der Waals surface area contributed by atoms with Gasteiger partial charge in [0.15, 0.2) is 0 Å². The first-order chi connectivity index (χ1) is 9.38. The monoisotopic (exact) mass is 256 g/mol. The molecule has 3 rings (SSSR count). The van der Waals surface area contributed by atoms with E-state index < -0.39 is 0 Å². The topological polar surface area (TPSA) is 34.2 Å². The highest BCUT2D eigenvalue weighted by molar-refractivity contribution is 5.78. The van der Waals surface area contributed by atoms with Crippen molar-refractivity contribution in [1.82, 2.24) is 10.3 Å². The predicted octanol–water partition coefficient (Wildman–Crippen LogP) is 2.92. The summed E-state index contributed by atoms with van der Waals surface area (Å²) in [5.41, 5.74) is 2.22. The maximum Gasteiger partial charge on any atom is 0.0706 e. The summed E-state index contributed by atoms with van der Waals surface area (Å²) >= 11 is 0. The lowest BCUT2D eigenvalue weighted by Gasteiger charge is -2.29. The fourth-order valence-corrected chi connectivity index (χ4v) is 2.93. The SMILES string of the molecule is CNC(c1ccc2ccccc2n1)C1CCOCC1. The van der Waals surface area contributed by atoms with Crippen LogP contribution in [-0.2, 0) is 4.74 Å². The quantitative estimate of drug-likeness (QED) is 0.917. The molecule has 0 spiro atoms. The molecule has 1 unspecified atom stereocenters. The van der Waals surface area contributed by atoms with Crippen LogP contribution in [0.25, 0.3) is 10.9 Å². The van der Waals surface area contributed by atoms with E-state index in [0.717, 1.165) is 37.3 Å². The van der Waals surface area contributed by atoms with E-state index in [1.165, 1.54) is 5.39 Å². The van der Waals surface area contributed by atoms with Crippen molar-refractivity contribution in [3.8, 4) is 0 Å². The zero-order valence-corrected chi connectivity index (χ0v) is 11.3. The van der Waals surface area contributed by atoms with Gasteiger partial charge in [0, 0.05) is 18.6 Å². The number of nitrogens with one attached hydrogen (secondary N) is 1. The van der Waals surface area contributed by atoms with Crippen molar-refractivity contribution in [1.29, 1.82) is 0 Å². The first-order valence-corrected chi connectivity index (χ1v) is 6.99. The fourth-order valence-electron chi connectivity index (χ4n) is 2.93. The maximum atomic E-state index is 5.45. The third-order valence-electron chi connectivity index (χ3n) is 3.99. The number of para-hydroxylation sites is 1. The van der Waals surface area contributed by atoms with E-state index in [1.807, 2.05) is 13.1 Å². The number of hydrogen-bond acceptors (Lipinski definition) is 3. The highest BCUT2D eigenvalue weighted by Gasteiger charge is 2.25. The molecule has 0 saturated carbocycles. The Bertz CT molecular complexity index is 549. The molecule has 1 atom stereocenters. The van der Waals surface area contributed by atoms with Crippen molar-refractivity contribution in [3.05, 3.63) is 42.1 Å². The Morgan fingerprint density at radius 2 is 1.95 bits per heavy atom. The van der Waals surface area contributed by atoms with Gasteiger partial charge in [0.2, 0.25) is 0 Å². The third kappa shape index (κ3) is 2.62. The predicted molar refractivity (Wildman–Crippen MR) is 77.1 cm³/mol. The van der Waals surface area contributed by atoms with Crippen molar-refractivity contribution >= 4 is 10.9 Å². The number of pyridine rings is 1. The van der Waals surface area contributed by atoms with Gasteiger partial charge in [-0.3, -0.25) is 4.98 Å². The Labute approximate surface area is 114 Å². The summed E-state index contributed by atoms with van der Waals surface area (Å²) in [7, 11) is 2.02. The largest absolute Gasteiger partial charge is 0.381 e. The maximum absolute atomic E-state index is 5.45. The first-order valence-electron chi connectivity index (χ1n) is 6.99. The second-order valence-corrected chi connectivity index (χ2v) is 5.14. The lowest BCUT2D eigenvalue weighted by Crippen LogP contribution is -2.30. The molecule has 3 heteroatoms. The normalized spacial score (nSPS) is 18.6. The van der Waals surface area contributed by atoms with Gasteiger partial charge >= 0.3 is 0 Å². The van der Waals surface area contributed by atoms with Gasteiger partial charge in [-0.2, -0.15) is 0 Å². The number of rotatable bonds is 3. The minimum atomic E-state index is 0.327. The van der Waals surface area contributed by atoms with Gasteiger partial charge < -0.3 is 10.1 Å². The summed E-state index contributed by atoms with van der Waals surface area (Å²) in [6.07, 6.45) is 2.22. The minimum Gasteiger partial charge on any atom is -0.381 e. The molecule has 2 heterocycles. The number of benzene rings is 1. The molecule has 1 saturated heterocycles. The molecule has 1 aromatic heterocycles. The van der Waals surface area contributed by atoms with Crippen LogP contribution in [-0.4, -0.2) is 25.2 Å². The van der Waals surface area contributed by atoms with Gasteiger partial charge in [0.25, 0.3) is 0 Å². The minimum absolute atomic E-state index is 0.327. The average molecular weight is 256 g/mol. The van der Waals surface area contributed by atoms with Crippen LogP contribution in [0.15, 0.2) is 36.4 Å². The molecule has 19 heavy (non-hydrogen) atoms. The summed E-state index contributed by atoms with van der Waals surface area (Å²) in [5.74, 6) is 0.618. The van der Waals surface area contributed by atoms with Crippen molar-refractivity contribution in [2.45, 2.75) is 18.9 Å². The summed E-state index contributed by atoms with van der Waals surface area (Å²) in [6.45, 7) is 1.74. The molecule has 0 aliphatic carbocycles. The molecule has 0 radical (unpaired) electrons. The Hall–Kier alpha value is -1.45. The van der Waals surface area contributed by atoms with Crippen LogP contribution in [0.3, 0.4) is 0 Å². The zero-order chi connectivity index (χ0) is 13.1. The molecule has 100 valence electrons. The van der Waals surface area contributed by atoms with Crippen LogP contribution in [0.1, 0.15) is 24.6 Å². The van der Waals surface area contributed by atoms with E-state index in [9.17, 15) is 0 Å². The zero-order valence-electron chi connectivity index (χ0n) is 11.3. The second kappa shape index (κ2) is 5.68. The van der Waals surface area contributed by atoms with Gasteiger partial charge in [-0.15, -0.1) is 0 Å². The average Bonchev–Trinajstić information content (AvgIpc) is 2.49. The number of nitrogens with zero attached hydrogens (tertiary/aromatic N) is 1. The third-order valence-corrected chi connectivity index (χ3v) is 3.99. The molecular formula is C16H20N2O. The lowest BCUT2D eigenvalue weighted by molar-refractivity contribution is 0.0541. The molecule has 1 fully saturated rings. The van der Waals surface area contributed by atoms with Crippen LogP contribution >= 0.6 is 0 Å². The molecule has 1 N–H and O–H groups in total. The van der Waals surface area contributed by atoms with E-state index in [4.69, 9.17) is 9.72 Å². The van der Waals surface area contributed by atoms with E-state index >= 15 is 0 Å². The smallest absolute Gasteiger partial charge is 0.0706 e. The molecule has 1 aliphatic rings. The van der Waals surface area contributed by atoms with E-state index in [0.29, 0.717) is 12.0 Å². The van der Waals surface area contributed by atoms with Crippen LogP contribution in [0.2, 0.25) is 0 Å². The molecule has 2 aromatic rings. The van der Waals surface area contributed by atoms with Crippen molar-refractivity contribution in [3.63, 3.8) is 0 Å². The number of fused-ring (bicyclic) bond motifs is 1. The van der Waals surface area contributed by atoms with Gasteiger partial charge in [-0.1, -0.05) is 24.3 Å². The number of aromatic nitrogens is 1. The Balaban J connectivity index is 1.91. The highest BCUT2D eigenvalue weighted by atomic mass is 16.5. The van der Waals surface area contributed by atoms with Gasteiger partial charge in [0.1, 0.15) is 0 Å². The van der Waals surface area contributed by atoms with E-state index in [2.05, 4.69) is 35.6 Å². The molecule has 0 amide bonds. The summed E-state index contributed by atoms with van der Waals surface area (Å²) in [5, 5.41) is 4.64. The van der Waals surface area contributed by atoms with Crippen LogP contribution in [0.5, 0.6) is 0 Å². The summed E-state index contributed by atoms with van der Waals surface area (Å²) < 4.78 is 5.45.